The van der Waals surface area contributed by atoms with E-state index in [4.69, 9.17) is 23.2 Å². The van der Waals surface area contributed by atoms with Crippen molar-refractivity contribution in [3.8, 4) is 0 Å². The number of carbonyl (C=O) groups excluding carboxylic acids is 1. The normalized spacial score (nSPS) is 17.9. The van der Waals surface area contributed by atoms with Crippen LogP contribution in [0.4, 0.5) is 0 Å². The largest absolute Gasteiger partial charge is 0.355 e. The molecule has 0 unspecified atom stereocenters. The van der Waals surface area contributed by atoms with Crippen molar-refractivity contribution in [1.82, 2.24) is 9.62 Å². The highest BCUT2D eigenvalue weighted by atomic mass is 35.5. The van der Waals surface area contributed by atoms with Crippen molar-refractivity contribution in [1.29, 1.82) is 0 Å². The van der Waals surface area contributed by atoms with E-state index < -0.39 is 10.0 Å². The van der Waals surface area contributed by atoms with Gasteiger partial charge in [0.25, 0.3) is 0 Å². The average molecular weight is 323 g/mol. The number of rotatable bonds is 2. The van der Waals surface area contributed by atoms with Crippen LogP contribution in [0.15, 0.2) is 23.1 Å². The Hall–Kier alpha value is -0.820. The lowest BCUT2D eigenvalue weighted by molar-refractivity contribution is -0.120. The summed E-state index contributed by atoms with van der Waals surface area (Å²) in [6, 6.07) is 4.53. The van der Waals surface area contributed by atoms with Crippen molar-refractivity contribution in [3.05, 3.63) is 28.2 Å². The molecule has 0 saturated carbocycles. The molecular weight excluding hydrogens is 311 g/mol. The minimum atomic E-state index is -3.79. The predicted octanol–water partition coefficient (Wildman–Crippen LogP) is 1.50. The van der Waals surface area contributed by atoms with Gasteiger partial charge in [0.05, 0.1) is 10.0 Å². The van der Waals surface area contributed by atoms with Gasteiger partial charge in [-0.05, 0) is 12.1 Å². The number of benzene rings is 1. The predicted molar refractivity (Wildman–Crippen MR) is 72.8 cm³/mol. The number of nitrogens with one attached hydrogen (secondary N) is 1. The summed E-state index contributed by atoms with van der Waals surface area (Å²) in [5.74, 6) is -0.164. The van der Waals surface area contributed by atoms with Gasteiger partial charge in [0.1, 0.15) is 4.90 Å². The van der Waals surface area contributed by atoms with Gasteiger partial charge in [-0.25, -0.2) is 8.42 Å². The molecule has 0 spiro atoms. The SMILES string of the molecule is O=C1CCN(S(=O)(=O)c2c(Cl)cccc2Cl)CCN1. The first kappa shape index (κ1) is 14.6. The second-order valence-electron chi connectivity index (χ2n) is 4.05. The van der Waals surface area contributed by atoms with Crippen LogP contribution in [-0.4, -0.2) is 38.3 Å². The Labute approximate surface area is 121 Å². The van der Waals surface area contributed by atoms with Gasteiger partial charge in [-0.15, -0.1) is 0 Å². The molecule has 0 bridgehead atoms. The summed E-state index contributed by atoms with van der Waals surface area (Å²) in [6.45, 7) is 0.603. The minimum absolute atomic E-state index is 0.0797. The lowest BCUT2D eigenvalue weighted by Crippen LogP contribution is -2.34. The van der Waals surface area contributed by atoms with Crippen molar-refractivity contribution in [3.63, 3.8) is 0 Å². The standard InChI is InChI=1S/C11H12Cl2N2O3S/c12-8-2-1-3-9(13)11(8)19(17,18)15-6-4-10(16)14-5-7-15/h1-3H,4-7H2,(H,14,16). The van der Waals surface area contributed by atoms with Crippen molar-refractivity contribution < 1.29 is 13.2 Å². The molecular formula is C11H12Cl2N2O3S. The van der Waals surface area contributed by atoms with Crippen LogP contribution in [0.25, 0.3) is 0 Å². The minimum Gasteiger partial charge on any atom is -0.355 e. The number of nitrogens with zero attached hydrogens (tertiary/aromatic N) is 1. The van der Waals surface area contributed by atoms with Crippen molar-refractivity contribution in [2.75, 3.05) is 19.6 Å². The van der Waals surface area contributed by atoms with Crippen molar-refractivity contribution in [2.24, 2.45) is 0 Å². The van der Waals surface area contributed by atoms with E-state index in [0.717, 1.165) is 0 Å². The highest BCUT2D eigenvalue weighted by Crippen LogP contribution is 2.31. The summed E-state index contributed by atoms with van der Waals surface area (Å²) in [5, 5.41) is 2.78. The molecule has 1 heterocycles. The van der Waals surface area contributed by atoms with E-state index in [9.17, 15) is 13.2 Å². The molecule has 0 radical (unpaired) electrons. The van der Waals surface area contributed by atoms with Gasteiger partial charge < -0.3 is 5.32 Å². The summed E-state index contributed by atoms with van der Waals surface area (Å²) in [6.07, 6.45) is 0.126. The summed E-state index contributed by atoms with van der Waals surface area (Å²) in [7, 11) is -3.79. The first-order valence-corrected chi connectivity index (χ1v) is 7.83. The zero-order valence-electron chi connectivity index (χ0n) is 9.90. The van der Waals surface area contributed by atoms with E-state index in [1.165, 1.54) is 16.4 Å². The molecule has 1 saturated heterocycles. The number of sulfonamides is 1. The molecule has 0 aromatic heterocycles. The number of hydrogen-bond acceptors (Lipinski definition) is 3. The van der Waals surface area contributed by atoms with Crippen LogP contribution in [0.2, 0.25) is 10.0 Å². The van der Waals surface area contributed by atoms with Crippen LogP contribution < -0.4 is 5.32 Å². The first-order valence-electron chi connectivity index (χ1n) is 5.64. The molecule has 0 aliphatic carbocycles. The molecule has 1 fully saturated rings. The summed E-state index contributed by atoms with van der Waals surface area (Å²) < 4.78 is 26.2. The number of halogens is 2. The van der Waals surface area contributed by atoms with Gasteiger partial charge in [0.2, 0.25) is 15.9 Å². The quantitative estimate of drug-likeness (QED) is 0.897. The molecule has 8 heteroatoms. The van der Waals surface area contributed by atoms with Crippen LogP contribution in [-0.2, 0) is 14.8 Å². The third kappa shape index (κ3) is 3.02. The molecule has 1 amide bonds. The third-order valence-electron chi connectivity index (χ3n) is 2.79. The Bertz CT molecular complexity index is 584. The van der Waals surface area contributed by atoms with Crippen LogP contribution in [0.1, 0.15) is 6.42 Å². The summed E-state index contributed by atoms with van der Waals surface area (Å²) in [5.41, 5.74) is 0. The number of carbonyl (C=O) groups is 1. The van der Waals surface area contributed by atoms with Gasteiger partial charge in [0, 0.05) is 26.1 Å². The van der Waals surface area contributed by atoms with Crippen molar-refractivity contribution >= 4 is 39.1 Å². The highest BCUT2D eigenvalue weighted by molar-refractivity contribution is 7.89. The van der Waals surface area contributed by atoms with Crippen LogP contribution >= 0.6 is 23.2 Å². The average Bonchev–Trinajstić information content (AvgIpc) is 2.53. The number of amides is 1. The maximum absolute atomic E-state index is 12.5. The Morgan fingerprint density at radius 2 is 1.79 bits per heavy atom. The highest BCUT2D eigenvalue weighted by Gasteiger charge is 2.30. The summed E-state index contributed by atoms with van der Waals surface area (Å²) >= 11 is 11.9. The topological polar surface area (TPSA) is 66.5 Å². The lowest BCUT2D eigenvalue weighted by atomic mass is 10.4. The van der Waals surface area contributed by atoms with Gasteiger partial charge in [0.15, 0.2) is 0 Å². The smallest absolute Gasteiger partial charge is 0.246 e. The van der Waals surface area contributed by atoms with Crippen LogP contribution in [0, 0.1) is 0 Å². The Morgan fingerprint density at radius 1 is 1.16 bits per heavy atom. The fraction of sp³-hybridized carbons (Fsp3) is 0.364. The molecule has 1 N–H and O–H groups in total. The van der Waals surface area contributed by atoms with E-state index >= 15 is 0 Å². The van der Waals surface area contributed by atoms with Crippen LogP contribution in [0.3, 0.4) is 0 Å². The van der Waals surface area contributed by atoms with E-state index in [1.54, 1.807) is 6.07 Å². The molecule has 1 aromatic carbocycles. The van der Waals surface area contributed by atoms with E-state index in [2.05, 4.69) is 5.32 Å². The fourth-order valence-electron chi connectivity index (χ4n) is 1.84. The van der Waals surface area contributed by atoms with E-state index in [-0.39, 0.29) is 46.9 Å². The maximum Gasteiger partial charge on any atom is 0.246 e. The molecule has 104 valence electrons. The van der Waals surface area contributed by atoms with Gasteiger partial charge >= 0.3 is 0 Å². The van der Waals surface area contributed by atoms with Gasteiger partial charge in [-0.2, -0.15) is 4.31 Å². The maximum atomic E-state index is 12.5. The lowest BCUT2D eigenvalue weighted by Gasteiger charge is -2.20. The second-order valence-corrected chi connectivity index (χ2v) is 6.74. The van der Waals surface area contributed by atoms with E-state index in [1.807, 2.05) is 0 Å². The molecule has 1 aliphatic rings. The van der Waals surface area contributed by atoms with Crippen molar-refractivity contribution in [2.45, 2.75) is 11.3 Å². The summed E-state index contributed by atoms with van der Waals surface area (Å²) in [4.78, 5) is 11.1. The molecule has 0 atom stereocenters. The van der Waals surface area contributed by atoms with Gasteiger partial charge in [-0.3, -0.25) is 4.79 Å². The fourth-order valence-corrected chi connectivity index (χ4v) is 4.38. The Balaban J connectivity index is 2.39. The molecule has 5 nitrogen and oxygen atoms in total. The Morgan fingerprint density at radius 3 is 2.42 bits per heavy atom. The monoisotopic (exact) mass is 322 g/mol. The molecule has 1 aromatic rings. The second kappa shape index (κ2) is 5.66. The van der Waals surface area contributed by atoms with E-state index in [0.29, 0.717) is 0 Å². The molecule has 19 heavy (non-hydrogen) atoms. The zero-order valence-corrected chi connectivity index (χ0v) is 12.2. The number of hydrogen-bond donors (Lipinski definition) is 1. The van der Waals surface area contributed by atoms with Crippen LogP contribution in [0.5, 0.6) is 0 Å². The molecule has 2 rings (SSSR count). The first-order chi connectivity index (χ1) is 8.93. The Kier molecular flexibility index (Phi) is 4.35. The zero-order chi connectivity index (χ0) is 14.0. The third-order valence-corrected chi connectivity index (χ3v) is 5.64. The van der Waals surface area contributed by atoms with Gasteiger partial charge in [-0.1, -0.05) is 29.3 Å². The molecule has 1 aliphatic heterocycles.